The van der Waals surface area contributed by atoms with E-state index in [1.165, 1.54) is 5.57 Å². The Morgan fingerprint density at radius 3 is 2.31 bits per heavy atom. The minimum absolute atomic E-state index is 0.892. The first-order chi connectivity index (χ1) is 6.04. The SMILES string of the molecule is C=C(C)C(=C/C)/C(C)=C(\S)NCC. The van der Waals surface area contributed by atoms with Crippen LogP contribution in [0.2, 0.25) is 0 Å². The maximum atomic E-state index is 4.38. The van der Waals surface area contributed by atoms with Gasteiger partial charge in [0.05, 0.1) is 5.03 Å². The number of nitrogens with one attached hydrogen (secondary N) is 1. The van der Waals surface area contributed by atoms with Crippen LogP contribution in [0.4, 0.5) is 0 Å². The fourth-order valence-corrected chi connectivity index (χ4v) is 1.49. The molecule has 0 rings (SSSR count). The van der Waals surface area contributed by atoms with E-state index in [-0.39, 0.29) is 0 Å². The van der Waals surface area contributed by atoms with Gasteiger partial charge in [0.25, 0.3) is 0 Å². The van der Waals surface area contributed by atoms with E-state index < -0.39 is 0 Å². The zero-order valence-corrected chi connectivity index (χ0v) is 9.83. The van der Waals surface area contributed by atoms with Gasteiger partial charge in [0.2, 0.25) is 0 Å². The third-order valence-corrected chi connectivity index (χ3v) is 2.35. The third-order valence-electron chi connectivity index (χ3n) is 1.85. The summed E-state index contributed by atoms with van der Waals surface area (Å²) in [6, 6.07) is 0. The van der Waals surface area contributed by atoms with Crippen LogP contribution in [0.25, 0.3) is 0 Å². The molecular formula is C11H19NS. The van der Waals surface area contributed by atoms with Gasteiger partial charge >= 0.3 is 0 Å². The van der Waals surface area contributed by atoms with Crippen LogP contribution >= 0.6 is 12.6 Å². The van der Waals surface area contributed by atoms with E-state index in [1.807, 2.05) is 13.8 Å². The van der Waals surface area contributed by atoms with Crippen molar-refractivity contribution in [3.05, 3.63) is 34.4 Å². The fourth-order valence-electron chi connectivity index (χ4n) is 1.21. The molecule has 0 aromatic carbocycles. The molecule has 13 heavy (non-hydrogen) atoms. The maximum absolute atomic E-state index is 4.38. The van der Waals surface area contributed by atoms with Crippen molar-refractivity contribution in [3.63, 3.8) is 0 Å². The van der Waals surface area contributed by atoms with Gasteiger partial charge < -0.3 is 5.32 Å². The Labute approximate surface area is 87.0 Å². The largest absolute Gasteiger partial charge is 0.380 e. The molecule has 0 fully saturated rings. The second-order valence-electron chi connectivity index (χ2n) is 2.99. The highest BCUT2D eigenvalue weighted by molar-refractivity contribution is 7.84. The van der Waals surface area contributed by atoms with Gasteiger partial charge in [-0.3, -0.25) is 0 Å². The number of thiol groups is 1. The Hall–Kier alpha value is -0.630. The van der Waals surface area contributed by atoms with E-state index in [1.54, 1.807) is 0 Å². The second kappa shape index (κ2) is 5.92. The van der Waals surface area contributed by atoms with E-state index in [2.05, 4.69) is 44.4 Å². The zero-order valence-electron chi connectivity index (χ0n) is 8.94. The van der Waals surface area contributed by atoms with Crippen LogP contribution in [0, 0.1) is 0 Å². The average molecular weight is 197 g/mol. The van der Waals surface area contributed by atoms with Gasteiger partial charge in [-0.15, -0.1) is 12.6 Å². The molecule has 0 saturated heterocycles. The number of hydrogen-bond acceptors (Lipinski definition) is 2. The highest BCUT2D eigenvalue weighted by Crippen LogP contribution is 2.20. The van der Waals surface area contributed by atoms with Gasteiger partial charge in [0, 0.05) is 6.54 Å². The van der Waals surface area contributed by atoms with Gasteiger partial charge in [-0.1, -0.05) is 18.2 Å². The van der Waals surface area contributed by atoms with Crippen LogP contribution in [0.15, 0.2) is 34.4 Å². The first-order valence-corrected chi connectivity index (χ1v) is 4.95. The molecule has 0 aliphatic heterocycles. The monoisotopic (exact) mass is 197 g/mol. The van der Waals surface area contributed by atoms with Crippen LogP contribution in [-0.4, -0.2) is 6.54 Å². The van der Waals surface area contributed by atoms with E-state index in [4.69, 9.17) is 0 Å². The number of hydrogen-bond donors (Lipinski definition) is 2. The summed E-state index contributed by atoms with van der Waals surface area (Å²) in [6.45, 7) is 12.9. The number of rotatable bonds is 4. The average Bonchev–Trinajstić information content (AvgIpc) is 2.05. The van der Waals surface area contributed by atoms with Crippen molar-refractivity contribution in [2.75, 3.05) is 6.54 Å². The Bertz CT molecular complexity index is 249. The summed E-state index contributed by atoms with van der Waals surface area (Å²) in [7, 11) is 0. The quantitative estimate of drug-likeness (QED) is 0.520. The van der Waals surface area contributed by atoms with Crippen LogP contribution in [-0.2, 0) is 0 Å². The van der Waals surface area contributed by atoms with Crippen molar-refractivity contribution in [3.8, 4) is 0 Å². The van der Waals surface area contributed by atoms with E-state index in [0.29, 0.717) is 0 Å². The Morgan fingerprint density at radius 1 is 1.46 bits per heavy atom. The number of allylic oxidation sites excluding steroid dienone is 4. The zero-order chi connectivity index (χ0) is 10.4. The summed E-state index contributed by atoms with van der Waals surface area (Å²) in [5.74, 6) is 0. The Kier molecular flexibility index (Phi) is 5.63. The molecule has 2 heteroatoms. The van der Waals surface area contributed by atoms with Gasteiger partial charge in [-0.05, 0) is 38.8 Å². The third kappa shape index (κ3) is 3.73. The van der Waals surface area contributed by atoms with Crippen molar-refractivity contribution < 1.29 is 0 Å². The van der Waals surface area contributed by atoms with Crippen molar-refractivity contribution in [1.82, 2.24) is 5.32 Å². The molecule has 1 N–H and O–H groups in total. The lowest BCUT2D eigenvalue weighted by molar-refractivity contribution is 0.895. The topological polar surface area (TPSA) is 12.0 Å². The summed E-state index contributed by atoms with van der Waals surface area (Å²) >= 11 is 4.38. The molecule has 0 bridgehead atoms. The van der Waals surface area contributed by atoms with Crippen molar-refractivity contribution in [1.29, 1.82) is 0 Å². The second-order valence-corrected chi connectivity index (χ2v) is 3.43. The lowest BCUT2D eigenvalue weighted by atomic mass is 10.0. The summed E-state index contributed by atoms with van der Waals surface area (Å²) < 4.78 is 0. The van der Waals surface area contributed by atoms with Gasteiger partial charge in [-0.25, -0.2) is 0 Å². The van der Waals surface area contributed by atoms with Crippen LogP contribution in [0.1, 0.15) is 27.7 Å². The summed E-state index contributed by atoms with van der Waals surface area (Å²) in [4.78, 5) is 0. The highest BCUT2D eigenvalue weighted by Gasteiger charge is 2.03. The molecule has 0 radical (unpaired) electrons. The molecule has 0 amide bonds. The smallest absolute Gasteiger partial charge is 0.0686 e. The molecule has 0 unspecified atom stereocenters. The lowest BCUT2D eigenvalue weighted by Gasteiger charge is -2.11. The molecule has 0 saturated carbocycles. The van der Waals surface area contributed by atoms with Gasteiger partial charge in [0.15, 0.2) is 0 Å². The van der Waals surface area contributed by atoms with Gasteiger partial charge in [-0.2, -0.15) is 0 Å². The first kappa shape index (κ1) is 12.4. The molecule has 0 heterocycles. The summed E-state index contributed by atoms with van der Waals surface area (Å²) in [6.07, 6.45) is 2.06. The molecule has 0 atom stereocenters. The molecule has 0 spiro atoms. The van der Waals surface area contributed by atoms with E-state index >= 15 is 0 Å². The molecule has 74 valence electrons. The van der Waals surface area contributed by atoms with Crippen LogP contribution in [0.3, 0.4) is 0 Å². The molecule has 0 aliphatic rings. The van der Waals surface area contributed by atoms with Gasteiger partial charge in [0.1, 0.15) is 0 Å². The van der Waals surface area contributed by atoms with Crippen LogP contribution < -0.4 is 5.32 Å². The highest BCUT2D eigenvalue weighted by atomic mass is 32.1. The summed E-state index contributed by atoms with van der Waals surface area (Å²) in [5.41, 5.74) is 3.40. The van der Waals surface area contributed by atoms with Crippen molar-refractivity contribution in [2.24, 2.45) is 0 Å². The summed E-state index contributed by atoms with van der Waals surface area (Å²) in [5, 5.41) is 4.11. The lowest BCUT2D eigenvalue weighted by Crippen LogP contribution is -2.10. The molecule has 0 aliphatic carbocycles. The Morgan fingerprint density at radius 2 is 2.00 bits per heavy atom. The molecule has 1 nitrogen and oxygen atoms in total. The normalized spacial score (nSPS) is 13.8. The van der Waals surface area contributed by atoms with E-state index in [0.717, 1.165) is 22.7 Å². The minimum Gasteiger partial charge on any atom is -0.380 e. The minimum atomic E-state index is 0.892. The van der Waals surface area contributed by atoms with Crippen molar-refractivity contribution in [2.45, 2.75) is 27.7 Å². The van der Waals surface area contributed by atoms with E-state index in [9.17, 15) is 0 Å². The van der Waals surface area contributed by atoms with Crippen LogP contribution in [0.5, 0.6) is 0 Å². The fraction of sp³-hybridized carbons (Fsp3) is 0.455. The maximum Gasteiger partial charge on any atom is 0.0686 e. The molecule has 0 aromatic heterocycles. The predicted octanol–water partition coefficient (Wildman–Crippen LogP) is 3.28. The first-order valence-electron chi connectivity index (χ1n) is 4.50. The molecule has 0 aromatic rings. The standard InChI is InChI=1S/C11H19NS/c1-6-10(8(3)4)9(5)11(13)12-7-2/h6,12-13H,3,7H2,1-2,4-5H3/b10-6-,11-9-. The predicted molar refractivity (Wildman–Crippen MR) is 63.9 cm³/mol. The molecular weight excluding hydrogens is 178 g/mol. The Balaban J connectivity index is 4.83. The van der Waals surface area contributed by atoms with Crippen molar-refractivity contribution >= 4 is 12.6 Å².